The molecule has 2 N–H and O–H groups in total. The van der Waals surface area contributed by atoms with E-state index >= 15 is 0 Å². The molecule has 1 heterocycles. The van der Waals surface area contributed by atoms with Gasteiger partial charge < -0.3 is 10.3 Å². The van der Waals surface area contributed by atoms with E-state index in [1.165, 1.54) is 0 Å². The van der Waals surface area contributed by atoms with Gasteiger partial charge >= 0.3 is 0 Å². The molecule has 0 aliphatic heterocycles. The predicted molar refractivity (Wildman–Crippen MR) is 57.5 cm³/mol. The lowest BCUT2D eigenvalue weighted by atomic mass is 9.94. The first kappa shape index (κ1) is 10.6. The van der Waals surface area contributed by atoms with E-state index in [9.17, 15) is 0 Å². The molecular weight excluding hydrogens is 190 g/mol. The Bertz CT molecular complexity index is 368. The van der Waals surface area contributed by atoms with Crippen LogP contribution in [0.25, 0.3) is 0 Å². The predicted octanol–water partition coefficient (Wildman–Crippen LogP) is 1.82. The van der Waals surface area contributed by atoms with Crippen molar-refractivity contribution in [2.24, 2.45) is 11.1 Å². The number of rotatable bonds is 3. The highest BCUT2D eigenvalue weighted by molar-refractivity contribution is 5.15. The van der Waals surface area contributed by atoms with Gasteiger partial charge in [0.05, 0.1) is 5.41 Å². The molecule has 1 saturated carbocycles. The summed E-state index contributed by atoms with van der Waals surface area (Å²) in [6.45, 7) is 9.00. The first-order valence-corrected chi connectivity index (χ1v) is 5.41. The highest BCUT2D eigenvalue weighted by atomic mass is 16.5. The highest BCUT2D eigenvalue weighted by Crippen LogP contribution is 2.57. The third kappa shape index (κ3) is 1.78. The van der Waals surface area contributed by atoms with Crippen LogP contribution in [0.5, 0.6) is 0 Å². The summed E-state index contributed by atoms with van der Waals surface area (Å²) < 4.78 is 5.27. The van der Waals surface area contributed by atoms with Gasteiger partial charge in [0, 0.05) is 12.5 Å². The smallest absolute Gasteiger partial charge is 0.233 e. The third-order valence-electron chi connectivity index (χ3n) is 3.36. The van der Waals surface area contributed by atoms with Gasteiger partial charge in [-0.3, -0.25) is 0 Å². The van der Waals surface area contributed by atoms with Crippen molar-refractivity contribution in [3.8, 4) is 0 Å². The molecule has 1 aromatic heterocycles. The van der Waals surface area contributed by atoms with Crippen LogP contribution >= 0.6 is 0 Å². The molecule has 0 saturated heterocycles. The van der Waals surface area contributed by atoms with Crippen LogP contribution in [0.4, 0.5) is 0 Å². The summed E-state index contributed by atoms with van der Waals surface area (Å²) in [6, 6.07) is 0. The molecule has 2 rings (SSSR count). The maximum atomic E-state index is 5.66. The molecule has 1 fully saturated rings. The van der Waals surface area contributed by atoms with Crippen molar-refractivity contribution in [3.05, 3.63) is 11.7 Å². The first-order chi connectivity index (χ1) is 6.87. The van der Waals surface area contributed by atoms with E-state index in [0.29, 0.717) is 23.8 Å². The van der Waals surface area contributed by atoms with Crippen LogP contribution in [-0.4, -0.2) is 16.7 Å². The zero-order valence-corrected chi connectivity index (χ0v) is 9.87. The Kier molecular flexibility index (Phi) is 2.15. The summed E-state index contributed by atoms with van der Waals surface area (Å²) in [7, 11) is 0. The van der Waals surface area contributed by atoms with E-state index in [1.807, 2.05) is 13.8 Å². The van der Waals surface area contributed by atoms with E-state index in [2.05, 4.69) is 24.0 Å². The molecule has 4 nitrogen and oxygen atoms in total. The van der Waals surface area contributed by atoms with Crippen LogP contribution in [0.1, 0.15) is 51.7 Å². The van der Waals surface area contributed by atoms with Crippen molar-refractivity contribution in [3.63, 3.8) is 0 Å². The summed E-state index contributed by atoms with van der Waals surface area (Å²) >= 11 is 0. The molecule has 1 aliphatic rings. The third-order valence-corrected chi connectivity index (χ3v) is 3.36. The maximum absolute atomic E-state index is 5.66. The Morgan fingerprint density at radius 2 is 2.13 bits per heavy atom. The molecule has 0 aromatic carbocycles. The largest absolute Gasteiger partial charge is 0.339 e. The Morgan fingerprint density at radius 1 is 1.53 bits per heavy atom. The van der Waals surface area contributed by atoms with Crippen molar-refractivity contribution < 1.29 is 4.52 Å². The zero-order chi connectivity index (χ0) is 11.3. The monoisotopic (exact) mass is 209 g/mol. The number of nitrogens with zero attached hydrogens (tertiary/aromatic N) is 2. The van der Waals surface area contributed by atoms with Gasteiger partial charge in [0.2, 0.25) is 5.89 Å². The number of nitrogens with two attached hydrogens (primary N) is 1. The van der Waals surface area contributed by atoms with Crippen LogP contribution in [-0.2, 0) is 5.41 Å². The molecule has 15 heavy (non-hydrogen) atoms. The average Bonchev–Trinajstić information content (AvgIpc) is 2.65. The van der Waals surface area contributed by atoms with Gasteiger partial charge in [0.1, 0.15) is 0 Å². The standard InChI is InChI=1S/C11H19N3O/c1-10(2)5-7(10)8-13-9(15-14-8)11(3,4)6-12/h7H,5-6,12H2,1-4H3. The van der Waals surface area contributed by atoms with Gasteiger partial charge in [-0.2, -0.15) is 4.98 Å². The van der Waals surface area contributed by atoms with Crippen molar-refractivity contribution in [2.45, 2.75) is 45.4 Å². The molecule has 0 radical (unpaired) electrons. The van der Waals surface area contributed by atoms with E-state index in [1.54, 1.807) is 0 Å². The summed E-state index contributed by atoms with van der Waals surface area (Å²) in [4.78, 5) is 4.45. The van der Waals surface area contributed by atoms with E-state index in [0.717, 1.165) is 12.2 Å². The SMILES string of the molecule is CC(C)(CN)c1nc(C2CC2(C)C)no1. The first-order valence-electron chi connectivity index (χ1n) is 5.41. The fourth-order valence-electron chi connectivity index (χ4n) is 1.65. The molecule has 1 aliphatic carbocycles. The van der Waals surface area contributed by atoms with Crippen molar-refractivity contribution in [2.75, 3.05) is 6.54 Å². The number of hydrogen-bond acceptors (Lipinski definition) is 4. The topological polar surface area (TPSA) is 64.9 Å². The average molecular weight is 209 g/mol. The molecule has 1 unspecified atom stereocenters. The Balaban J connectivity index is 2.19. The van der Waals surface area contributed by atoms with Gasteiger partial charge in [-0.15, -0.1) is 0 Å². The van der Waals surface area contributed by atoms with E-state index < -0.39 is 0 Å². The molecular formula is C11H19N3O. The quantitative estimate of drug-likeness (QED) is 0.824. The molecule has 1 aromatic rings. The van der Waals surface area contributed by atoms with E-state index in [4.69, 9.17) is 10.3 Å². The second kappa shape index (κ2) is 3.04. The van der Waals surface area contributed by atoms with Gasteiger partial charge in [-0.25, -0.2) is 0 Å². The number of hydrogen-bond donors (Lipinski definition) is 1. The van der Waals surface area contributed by atoms with Gasteiger partial charge in [-0.05, 0) is 25.7 Å². The molecule has 0 amide bonds. The maximum Gasteiger partial charge on any atom is 0.233 e. The van der Waals surface area contributed by atoms with Crippen molar-refractivity contribution in [1.29, 1.82) is 0 Å². The minimum Gasteiger partial charge on any atom is -0.339 e. The van der Waals surface area contributed by atoms with Crippen LogP contribution in [0.15, 0.2) is 4.52 Å². The van der Waals surface area contributed by atoms with Crippen LogP contribution < -0.4 is 5.73 Å². The fourth-order valence-corrected chi connectivity index (χ4v) is 1.65. The van der Waals surface area contributed by atoms with Crippen LogP contribution in [0.3, 0.4) is 0 Å². The highest BCUT2D eigenvalue weighted by Gasteiger charge is 2.49. The van der Waals surface area contributed by atoms with Crippen molar-refractivity contribution >= 4 is 0 Å². The summed E-state index contributed by atoms with van der Waals surface area (Å²) in [5.41, 5.74) is 5.79. The summed E-state index contributed by atoms with van der Waals surface area (Å²) in [6.07, 6.45) is 1.15. The number of aromatic nitrogens is 2. The summed E-state index contributed by atoms with van der Waals surface area (Å²) in [5.74, 6) is 1.96. The fraction of sp³-hybridized carbons (Fsp3) is 0.818. The Morgan fingerprint density at radius 3 is 2.60 bits per heavy atom. The van der Waals surface area contributed by atoms with Crippen LogP contribution in [0.2, 0.25) is 0 Å². The molecule has 1 atom stereocenters. The summed E-state index contributed by atoms with van der Waals surface area (Å²) in [5, 5.41) is 4.05. The Labute approximate surface area is 90.2 Å². The minimum atomic E-state index is -0.218. The lowest BCUT2D eigenvalue weighted by Crippen LogP contribution is -2.28. The second-order valence-electron chi connectivity index (χ2n) is 5.79. The lowest BCUT2D eigenvalue weighted by Gasteiger charge is -2.15. The van der Waals surface area contributed by atoms with Crippen LogP contribution in [0, 0.1) is 5.41 Å². The minimum absolute atomic E-state index is 0.218. The normalized spacial score (nSPS) is 24.2. The molecule has 84 valence electrons. The molecule has 4 heteroatoms. The van der Waals surface area contributed by atoms with Gasteiger partial charge in [0.25, 0.3) is 0 Å². The van der Waals surface area contributed by atoms with Gasteiger partial charge in [0.15, 0.2) is 5.82 Å². The van der Waals surface area contributed by atoms with Gasteiger partial charge in [-0.1, -0.05) is 19.0 Å². The van der Waals surface area contributed by atoms with Crippen molar-refractivity contribution in [1.82, 2.24) is 10.1 Å². The Hall–Kier alpha value is -0.900. The molecule has 0 bridgehead atoms. The second-order valence-corrected chi connectivity index (χ2v) is 5.79. The van der Waals surface area contributed by atoms with E-state index in [-0.39, 0.29) is 5.41 Å². The molecule has 0 spiro atoms. The lowest BCUT2D eigenvalue weighted by molar-refractivity contribution is 0.308. The zero-order valence-electron chi connectivity index (χ0n) is 9.87.